The molecule has 0 unspecified atom stereocenters. The number of carbonyl (C=O) groups excluding carboxylic acids is 2. The van der Waals surface area contributed by atoms with Crippen molar-refractivity contribution in [3.8, 4) is 0 Å². The van der Waals surface area contributed by atoms with E-state index >= 15 is 0 Å². The monoisotopic (exact) mass is 442 g/mol. The van der Waals surface area contributed by atoms with Crippen LogP contribution in [0.25, 0.3) is 0 Å². The lowest BCUT2D eigenvalue weighted by molar-refractivity contribution is 0.0532. The maximum atomic E-state index is 13.9. The molecule has 0 spiro atoms. The van der Waals surface area contributed by atoms with E-state index in [0.717, 1.165) is 6.07 Å². The lowest BCUT2D eigenvalue weighted by Gasteiger charge is -2.35. The molecule has 2 aromatic rings. The van der Waals surface area contributed by atoms with Gasteiger partial charge in [0.15, 0.2) is 0 Å². The van der Waals surface area contributed by atoms with Crippen molar-refractivity contribution in [3.63, 3.8) is 0 Å². The molecule has 1 aliphatic heterocycles. The molecule has 8 heteroatoms. The smallest absolute Gasteiger partial charge is 0.257 e. The van der Waals surface area contributed by atoms with Crippen LogP contribution in [0.4, 0.5) is 8.78 Å². The Hall–Kier alpha value is -1.99. The van der Waals surface area contributed by atoms with Crippen LogP contribution in [-0.4, -0.2) is 47.8 Å². The summed E-state index contributed by atoms with van der Waals surface area (Å²) in [6, 6.07) is 7.70. The van der Waals surface area contributed by atoms with Gasteiger partial charge < -0.3 is 9.80 Å². The standard InChI is InChI=1S/C18H14BrClF2N2O2/c19-15-10-12(21)2-3-13(15)17(25)23-5-7-24(8-6-23)18(26)14-9-11(20)1-4-16(14)22/h1-4,9-10H,5-8H2. The molecule has 0 bridgehead atoms. The van der Waals surface area contributed by atoms with Crippen LogP contribution in [-0.2, 0) is 0 Å². The van der Waals surface area contributed by atoms with E-state index in [1.54, 1.807) is 4.90 Å². The summed E-state index contributed by atoms with van der Waals surface area (Å²) in [5.74, 6) is -1.78. The summed E-state index contributed by atoms with van der Waals surface area (Å²) in [5.41, 5.74) is 0.269. The Labute approximate surface area is 162 Å². The molecule has 1 fully saturated rings. The van der Waals surface area contributed by atoms with Gasteiger partial charge in [-0.05, 0) is 52.3 Å². The second-order valence-electron chi connectivity index (χ2n) is 5.83. The largest absolute Gasteiger partial charge is 0.335 e. The van der Waals surface area contributed by atoms with Crippen molar-refractivity contribution < 1.29 is 18.4 Å². The molecule has 3 rings (SSSR count). The first-order chi connectivity index (χ1) is 12.4. The molecule has 136 valence electrons. The Morgan fingerprint density at radius 3 is 2.04 bits per heavy atom. The number of nitrogens with zero attached hydrogens (tertiary/aromatic N) is 2. The van der Waals surface area contributed by atoms with Crippen molar-refractivity contribution in [2.75, 3.05) is 26.2 Å². The van der Waals surface area contributed by atoms with E-state index in [2.05, 4.69) is 15.9 Å². The minimum absolute atomic E-state index is 0.0847. The highest BCUT2D eigenvalue weighted by Crippen LogP contribution is 2.22. The zero-order valence-electron chi connectivity index (χ0n) is 13.5. The number of hydrogen-bond donors (Lipinski definition) is 0. The average molecular weight is 444 g/mol. The third-order valence-corrected chi connectivity index (χ3v) is 5.07. The van der Waals surface area contributed by atoms with E-state index in [1.807, 2.05) is 0 Å². The fraction of sp³-hybridized carbons (Fsp3) is 0.222. The van der Waals surface area contributed by atoms with E-state index in [4.69, 9.17) is 11.6 Å². The SMILES string of the molecule is O=C(c1cc(Cl)ccc1F)N1CCN(C(=O)c2ccc(F)cc2Br)CC1. The van der Waals surface area contributed by atoms with Crippen LogP contribution in [0.15, 0.2) is 40.9 Å². The van der Waals surface area contributed by atoms with Gasteiger partial charge in [-0.1, -0.05) is 11.6 Å². The zero-order chi connectivity index (χ0) is 18.8. The van der Waals surface area contributed by atoms with Crippen molar-refractivity contribution >= 4 is 39.3 Å². The second-order valence-corrected chi connectivity index (χ2v) is 7.12. The van der Waals surface area contributed by atoms with E-state index in [1.165, 1.54) is 35.2 Å². The molecule has 0 atom stereocenters. The number of halogens is 4. The van der Waals surface area contributed by atoms with Crippen LogP contribution in [0.5, 0.6) is 0 Å². The molecule has 1 saturated heterocycles. The van der Waals surface area contributed by atoms with Gasteiger partial charge in [0.2, 0.25) is 0 Å². The Balaban J connectivity index is 1.68. The minimum atomic E-state index is -0.631. The van der Waals surface area contributed by atoms with E-state index < -0.39 is 17.5 Å². The van der Waals surface area contributed by atoms with E-state index in [-0.39, 0.29) is 29.6 Å². The molecule has 0 aromatic heterocycles. The van der Waals surface area contributed by atoms with Gasteiger partial charge >= 0.3 is 0 Å². The van der Waals surface area contributed by atoms with Crippen LogP contribution in [0, 0.1) is 11.6 Å². The Bertz CT molecular complexity index is 870. The molecule has 0 radical (unpaired) electrons. The zero-order valence-corrected chi connectivity index (χ0v) is 15.9. The molecule has 2 amide bonds. The second kappa shape index (κ2) is 7.72. The van der Waals surface area contributed by atoms with Gasteiger partial charge in [-0.3, -0.25) is 9.59 Å². The summed E-state index contributed by atoms with van der Waals surface area (Å²) in [6.07, 6.45) is 0. The Morgan fingerprint density at radius 1 is 0.885 bits per heavy atom. The fourth-order valence-electron chi connectivity index (χ4n) is 2.78. The van der Waals surface area contributed by atoms with Crippen molar-refractivity contribution in [1.82, 2.24) is 9.80 Å². The van der Waals surface area contributed by atoms with Gasteiger partial charge in [0.25, 0.3) is 11.8 Å². The Morgan fingerprint density at radius 2 is 1.46 bits per heavy atom. The minimum Gasteiger partial charge on any atom is -0.335 e. The normalized spacial score (nSPS) is 14.5. The number of carbonyl (C=O) groups is 2. The lowest BCUT2D eigenvalue weighted by Crippen LogP contribution is -2.50. The topological polar surface area (TPSA) is 40.6 Å². The first-order valence-corrected chi connectivity index (χ1v) is 9.02. The molecule has 1 aliphatic rings. The molecule has 0 saturated carbocycles. The molecular formula is C18H14BrClF2N2O2. The highest BCUT2D eigenvalue weighted by molar-refractivity contribution is 9.10. The molecule has 0 N–H and O–H groups in total. The molecule has 26 heavy (non-hydrogen) atoms. The molecule has 4 nitrogen and oxygen atoms in total. The van der Waals surface area contributed by atoms with Gasteiger partial charge in [-0.25, -0.2) is 8.78 Å². The first kappa shape index (κ1) is 18.8. The van der Waals surface area contributed by atoms with Gasteiger partial charge in [0.05, 0.1) is 11.1 Å². The van der Waals surface area contributed by atoms with Crippen LogP contribution in [0.2, 0.25) is 5.02 Å². The number of hydrogen-bond acceptors (Lipinski definition) is 2. The van der Waals surface area contributed by atoms with Gasteiger partial charge in [-0.2, -0.15) is 0 Å². The third kappa shape index (κ3) is 3.88. The maximum Gasteiger partial charge on any atom is 0.257 e. The Kier molecular flexibility index (Phi) is 5.58. The number of rotatable bonds is 2. The predicted octanol–water partition coefficient (Wildman–Crippen LogP) is 3.98. The fourth-order valence-corrected chi connectivity index (χ4v) is 3.47. The highest BCUT2D eigenvalue weighted by atomic mass is 79.9. The maximum absolute atomic E-state index is 13.9. The number of benzene rings is 2. The third-order valence-electron chi connectivity index (χ3n) is 4.17. The average Bonchev–Trinajstić information content (AvgIpc) is 2.63. The summed E-state index contributed by atoms with van der Waals surface area (Å²) in [7, 11) is 0. The lowest BCUT2D eigenvalue weighted by atomic mass is 10.1. The van der Waals surface area contributed by atoms with E-state index in [9.17, 15) is 18.4 Å². The van der Waals surface area contributed by atoms with Crippen molar-refractivity contribution in [1.29, 1.82) is 0 Å². The van der Waals surface area contributed by atoms with Crippen molar-refractivity contribution in [2.45, 2.75) is 0 Å². The van der Waals surface area contributed by atoms with Gasteiger partial charge in [0.1, 0.15) is 11.6 Å². The van der Waals surface area contributed by atoms with Gasteiger partial charge in [0, 0.05) is 35.7 Å². The summed E-state index contributed by atoms with van der Waals surface area (Å²) in [4.78, 5) is 28.1. The number of amides is 2. The first-order valence-electron chi connectivity index (χ1n) is 7.85. The summed E-state index contributed by atoms with van der Waals surface area (Å²) < 4.78 is 27.4. The van der Waals surface area contributed by atoms with Crippen LogP contribution < -0.4 is 0 Å². The summed E-state index contributed by atoms with van der Waals surface area (Å²) >= 11 is 9.03. The van der Waals surface area contributed by atoms with Gasteiger partial charge in [-0.15, -0.1) is 0 Å². The molecular weight excluding hydrogens is 430 g/mol. The van der Waals surface area contributed by atoms with Crippen molar-refractivity contribution in [2.24, 2.45) is 0 Å². The van der Waals surface area contributed by atoms with E-state index in [0.29, 0.717) is 23.1 Å². The van der Waals surface area contributed by atoms with Crippen molar-refractivity contribution in [3.05, 3.63) is 68.7 Å². The van der Waals surface area contributed by atoms with Crippen LogP contribution in [0.3, 0.4) is 0 Å². The van der Waals surface area contributed by atoms with Crippen LogP contribution >= 0.6 is 27.5 Å². The summed E-state index contributed by atoms with van der Waals surface area (Å²) in [5, 5.41) is 0.282. The molecule has 1 heterocycles. The highest BCUT2D eigenvalue weighted by Gasteiger charge is 2.27. The number of piperazine rings is 1. The quantitative estimate of drug-likeness (QED) is 0.704. The molecule has 0 aliphatic carbocycles. The molecule has 2 aromatic carbocycles. The predicted molar refractivity (Wildman–Crippen MR) is 97.3 cm³/mol. The van der Waals surface area contributed by atoms with Crippen LogP contribution in [0.1, 0.15) is 20.7 Å². The summed E-state index contributed by atoms with van der Waals surface area (Å²) in [6.45, 7) is 1.15.